The highest BCUT2D eigenvalue weighted by atomic mass is 16.2. The van der Waals surface area contributed by atoms with E-state index < -0.39 is 18.0 Å². The zero-order chi connectivity index (χ0) is 18.4. The average molecular weight is 346 g/mol. The van der Waals surface area contributed by atoms with Crippen LogP contribution in [-0.2, 0) is 9.59 Å². The number of amides is 4. The standard InChI is InChI=1S/C18H26N4O3/c1-12-6-2-5-9-14(12)15(21-18(20)25)10-17(24)22(11-16(19)23)13-7-3-4-8-13/h2,5-6,9,13,15H,3-4,7-8,10-11H2,1H3,(H2,19,23)(H3,20,21,25). The van der Waals surface area contributed by atoms with Crippen molar-refractivity contribution in [1.82, 2.24) is 10.2 Å². The fourth-order valence-electron chi connectivity index (χ4n) is 3.48. The zero-order valence-electron chi connectivity index (χ0n) is 14.5. The highest BCUT2D eigenvalue weighted by Gasteiger charge is 2.30. The van der Waals surface area contributed by atoms with E-state index in [4.69, 9.17) is 11.5 Å². The molecule has 0 radical (unpaired) electrons. The molecule has 5 N–H and O–H groups in total. The second-order valence-corrected chi connectivity index (χ2v) is 6.55. The molecule has 1 atom stereocenters. The summed E-state index contributed by atoms with van der Waals surface area (Å²) in [4.78, 5) is 37.2. The van der Waals surface area contributed by atoms with E-state index >= 15 is 0 Å². The van der Waals surface area contributed by atoms with E-state index in [1.54, 1.807) is 4.90 Å². The number of hydrogen-bond donors (Lipinski definition) is 3. The third-order valence-electron chi connectivity index (χ3n) is 4.67. The van der Waals surface area contributed by atoms with Gasteiger partial charge in [0.25, 0.3) is 0 Å². The molecule has 0 heterocycles. The topological polar surface area (TPSA) is 119 Å². The highest BCUT2D eigenvalue weighted by Crippen LogP contribution is 2.26. The van der Waals surface area contributed by atoms with E-state index in [1.165, 1.54) is 0 Å². The second kappa shape index (κ2) is 8.50. The molecule has 136 valence electrons. The maximum absolute atomic E-state index is 12.9. The molecule has 25 heavy (non-hydrogen) atoms. The molecule has 2 rings (SSSR count). The Bertz CT molecular complexity index is 641. The van der Waals surface area contributed by atoms with Gasteiger partial charge >= 0.3 is 6.03 Å². The molecule has 1 unspecified atom stereocenters. The fraction of sp³-hybridized carbons (Fsp3) is 0.500. The fourth-order valence-corrected chi connectivity index (χ4v) is 3.48. The minimum Gasteiger partial charge on any atom is -0.368 e. The van der Waals surface area contributed by atoms with Crippen molar-refractivity contribution in [2.24, 2.45) is 11.5 Å². The van der Waals surface area contributed by atoms with Crippen LogP contribution in [0.3, 0.4) is 0 Å². The van der Waals surface area contributed by atoms with Crippen LogP contribution in [0, 0.1) is 6.92 Å². The molecule has 1 aromatic carbocycles. The minimum absolute atomic E-state index is 0.0334. The predicted molar refractivity (Wildman–Crippen MR) is 94.4 cm³/mol. The van der Waals surface area contributed by atoms with Crippen molar-refractivity contribution in [2.45, 2.75) is 51.1 Å². The molecule has 1 aromatic rings. The Morgan fingerprint density at radius 1 is 1.20 bits per heavy atom. The number of aryl methyl sites for hydroxylation is 1. The van der Waals surface area contributed by atoms with E-state index in [1.807, 2.05) is 31.2 Å². The quantitative estimate of drug-likeness (QED) is 0.691. The molecule has 1 saturated carbocycles. The van der Waals surface area contributed by atoms with Gasteiger partial charge in [-0.15, -0.1) is 0 Å². The third kappa shape index (κ3) is 5.20. The zero-order valence-corrected chi connectivity index (χ0v) is 14.5. The van der Waals surface area contributed by atoms with Gasteiger partial charge in [0.2, 0.25) is 11.8 Å². The monoisotopic (exact) mass is 346 g/mol. The van der Waals surface area contributed by atoms with Gasteiger partial charge in [-0.3, -0.25) is 9.59 Å². The Hall–Kier alpha value is -2.57. The van der Waals surface area contributed by atoms with Gasteiger partial charge in [-0.25, -0.2) is 4.79 Å². The number of hydrogen-bond acceptors (Lipinski definition) is 3. The Morgan fingerprint density at radius 3 is 2.40 bits per heavy atom. The number of nitrogens with one attached hydrogen (secondary N) is 1. The first kappa shape index (κ1) is 18.8. The number of nitrogens with zero attached hydrogens (tertiary/aromatic N) is 1. The summed E-state index contributed by atoms with van der Waals surface area (Å²) in [7, 11) is 0. The summed E-state index contributed by atoms with van der Waals surface area (Å²) in [5.41, 5.74) is 12.4. The van der Waals surface area contributed by atoms with Crippen LogP contribution >= 0.6 is 0 Å². The highest BCUT2D eigenvalue weighted by molar-refractivity contribution is 5.85. The van der Waals surface area contributed by atoms with Gasteiger partial charge < -0.3 is 21.7 Å². The molecular formula is C18H26N4O3. The van der Waals surface area contributed by atoms with Gasteiger partial charge in [-0.2, -0.15) is 0 Å². The number of primary amides is 2. The van der Waals surface area contributed by atoms with Crippen molar-refractivity contribution in [1.29, 1.82) is 0 Å². The first-order chi connectivity index (χ1) is 11.9. The number of benzene rings is 1. The van der Waals surface area contributed by atoms with Crippen molar-refractivity contribution in [2.75, 3.05) is 6.54 Å². The molecule has 0 aromatic heterocycles. The molecular weight excluding hydrogens is 320 g/mol. The number of carbonyl (C=O) groups excluding carboxylic acids is 3. The van der Waals surface area contributed by atoms with Crippen LogP contribution in [-0.4, -0.2) is 35.3 Å². The van der Waals surface area contributed by atoms with E-state index in [2.05, 4.69) is 5.32 Å². The molecule has 7 nitrogen and oxygen atoms in total. The Morgan fingerprint density at radius 2 is 1.84 bits per heavy atom. The molecule has 7 heteroatoms. The van der Waals surface area contributed by atoms with Crippen LogP contribution in [0.4, 0.5) is 4.79 Å². The van der Waals surface area contributed by atoms with E-state index in [9.17, 15) is 14.4 Å². The van der Waals surface area contributed by atoms with Crippen LogP contribution in [0.25, 0.3) is 0 Å². The maximum Gasteiger partial charge on any atom is 0.312 e. The molecule has 0 aliphatic heterocycles. The summed E-state index contributed by atoms with van der Waals surface area (Å²) in [5, 5.41) is 2.64. The van der Waals surface area contributed by atoms with Crippen molar-refractivity contribution in [3.8, 4) is 0 Å². The van der Waals surface area contributed by atoms with Crippen LogP contribution in [0.5, 0.6) is 0 Å². The van der Waals surface area contributed by atoms with Crippen LogP contribution in [0.1, 0.15) is 49.3 Å². The Balaban J connectivity index is 2.20. The van der Waals surface area contributed by atoms with E-state index in [-0.39, 0.29) is 24.9 Å². The summed E-state index contributed by atoms with van der Waals surface area (Å²) in [6, 6.07) is 6.31. The molecule has 0 saturated heterocycles. The summed E-state index contributed by atoms with van der Waals surface area (Å²) in [6.45, 7) is 1.81. The minimum atomic E-state index is -0.691. The van der Waals surface area contributed by atoms with Crippen molar-refractivity contribution >= 4 is 17.8 Å². The van der Waals surface area contributed by atoms with Crippen LogP contribution < -0.4 is 16.8 Å². The Kier molecular flexibility index (Phi) is 6.38. The lowest BCUT2D eigenvalue weighted by atomic mass is 9.98. The molecule has 1 aliphatic carbocycles. The van der Waals surface area contributed by atoms with Crippen LogP contribution in [0.2, 0.25) is 0 Å². The summed E-state index contributed by atoms with van der Waals surface area (Å²) >= 11 is 0. The van der Waals surface area contributed by atoms with Crippen molar-refractivity contribution in [3.05, 3.63) is 35.4 Å². The number of urea groups is 1. The molecule has 4 amide bonds. The second-order valence-electron chi connectivity index (χ2n) is 6.55. The number of rotatable bonds is 7. The number of nitrogens with two attached hydrogens (primary N) is 2. The SMILES string of the molecule is Cc1ccccc1C(CC(=O)N(CC(N)=O)C1CCCC1)NC(N)=O. The lowest BCUT2D eigenvalue weighted by Crippen LogP contribution is -2.46. The first-order valence-corrected chi connectivity index (χ1v) is 8.57. The third-order valence-corrected chi connectivity index (χ3v) is 4.67. The van der Waals surface area contributed by atoms with Gasteiger partial charge in [0.05, 0.1) is 19.0 Å². The lowest BCUT2D eigenvalue weighted by molar-refractivity contribution is -0.137. The van der Waals surface area contributed by atoms with Gasteiger partial charge in [0, 0.05) is 6.04 Å². The molecule has 0 spiro atoms. The summed E-state index contributed by atoms with van der Waals surface area (Å²) in [6.07, 6.45) is 3.86. The first-order valence-electron chi connectivity index (χ1n) is 8.57. The predicted octanol–water partition coefficient (Wildman–Crippen LogP) is 1.35. The largest absolute Gasteiger partial charge is 0.368 e. The maximum atomic E-state index is 12.9. The van der Waals surface area contributed by atoms with Crippen molar-refractivity contribution in [3.63, 3.8) is 0 Å². The number of carbonyl (C=O) groups is 3. The smallest absolute Gasteiger partial charge is 0.312 e. The summed E-state index contributed by atoms with van der Waals surface area (Å²) < 4.78 is 0. The average Bonchev–Trinajstić information content (AvgIpc) is 3.05. The Labute approximate surface area is 147 Å². The van der Waals surface area contributed by atoms with E-state index in [0.717, 1.165) is 36.8 Å². The normalized spacial score (nSPS) is 15.6. The van der Waals surface area contributed by atoms with Crippen molar-refractivity contribution < 1.29 is 14.4 Å². The molecule has 0 bridgehead atoms. The van der Waals surface area contributed by atoms with Crippen LogP contribution in [0.15, 0.2) is 24.3 Å². The molecule has 1 fully saturated rings. The lowest BCUT2D eigenvalue weighted by Gasteiger charge is -2.30. The van der Waals surface area contributed by atoms with Gasteiger partial charge in [-0.05, 0) is 30.9 Å². The molecule has 1 aliphatic rings. The van der Waals surface area contributed by atoms with Gasteiger partial charge in [-0.1, -0.05) is 37.1 Å². The van der Waals surface area contributed by atoms with Gasteiger partial charge in [0.15, 0.2) is 0 Å². The van der Waals surface area contributed by atoms with E-state index in [0.29, 0.717) is 0 Å². The van der Waals surface area contributed by atoms with Gasteiger partial charge in [0.1, 0.15) is 0 Å². The summed E-state index contributed by atoms with van der Waals surface area (Å²) in [5.74, 6) is -0.733.